The number of nitrogens with zero attached hydrogens (tertiary/aromatic N) is 3. The van der Waals surface area contributed by atoms with Crippen molar-refractivity contribution < 1.29 is 9.47 Å². The van der Waals surface area contributed by atoms with Crippen molar-refractivity contribution in [2.75, 3.05) is 7.11 Å². The van der Waals surface area contributed by atoms with Crippen molar-refractivity contribution in [3.8, 4) is 24.0 Å². The molecule has 1 aromatic rings. The molecular weight excluding hydrogens is 268 g/mol. The molecule has 102 valence electrons. The molecule has 1 aliphatic heterocycles. The molecule has 0 aliphatic carbocycles. The van der Waals surface area contributed by atoms with Gasteiger partial charge in [0.15, 0.2) is 6.10 Å². The molecule has 1 atom stereocenters. The van der Waals surface area contributed by atoms with Crippen molar-refractivity contribution in [3.05, 3.63) is 52.4 Å². The number of ether oxygens (including phenoxy) is 2. The molecule has 2 N–H and O–H groups in total. The number of rotatable bonds is 2. The molecule has 0 saturated carbocycles. The molecule has 1 aromatic carbocycles. The third-order valence-electron chi connectivity index (χ3n) is 3.05. The SMILES string of the molecule is COc1ccc([C@H]2OC(N)=C(C#N)C2=C(C#N)C#N)cc1. The van der Waals surface area contributed by atoms with E-state index in [9.17, 15) is 0 Å². The van der Waals surface area contributed by atoms with Gasteiger partial charge in [0, 0.05) is 5.57 Å². The van der Waals surface area contributed by atoms with Crippen LogP contribution in [0.4, 0.5) is 0 Å². The summed E-state index contributed by atoms with van der Waals surface area (Å²) in [6.07, 6.45) is -0.750. The fraction of sp³-hybridized carbons (Fsp3) is 0.133. The van der Waals surface area contributed by atoms with Crippen LogP contribution < -0.4 is 10.5 Å². The summed E-state index contributed by atoms with van der Waals surface area (Å²) in [7, 11) is 1.54. The minimum atomic E-state index is -0.750. The molecule has 0 bridgehead atoms. The largest absolute Gasteiger partial charge is 0.497 e. The van der Waals surface area contributed by atoms with E-state index in [0.717, 1.165) is 0 Å². The maximum atomic E-state index is 9.15. The lowest BCUT2D eigenvalue weighted by Crippen LogP contribution is -2.04. The summed E-state index contributed by atoms with van der Waals surface area (Å²) in [6, 6.07) is 12.3. The number of allylic oxidation sites excluding steroid dienone is 1. The van der Waals surface area contributed by atoms with Crippen LogP contribution in [0.3, 0.4) is 0 Å². The van der Waals surface area contributed by atoms with Crippen molar-refractivity contribution in [1.29, 1.82) is 15.8 Å². The smallest absolute Gasteiger partial charge is 0.203 e. The number of nitrogens with two attached hydrogens (primary N) is 1. The molecule has 21 heavy (non-hydrogen) atoms. The third kappa shape index (κ3) is 2.36. The molecule has 0 aromatic heterocycles. The predicted octanol–water partition coefficient (Wildman–Crippen LogP) is 1.80. The van der Waals surface area contributed by atoms with E-state index in [1.807, 2.05) is 6.07 Å². The molecule has 0 radical (unpaired) electrons. The highest BCUT2D eigenvalue weighted by atomic mass is 16.5. The van der Waals surface area contributed by atoms with E-state index in [1.54, 1.807) is 43.5 Å². The van der Waals surface area contributed by atoms with E-state index in [4.69, 9.17) is 31.0 Å². The normalized spacial score (nSPS) is 16.5. The molecule has 0 unspecified atom stereocenters. The van der Waals surface area contributed by atoms with E-state index in [0.29, 0.717) is 11.3 Å². The van der Waals surface area contributed by atoms with Crippen molar-refractivity contribution >= 4 is 0 Å². The van der Waals surface area contributed by atoms with Crippen LogP contribution in [0.15, 0.2) is 46.9 Å². The Kier molecular flexibility index (Phi) is 3.79. The first kappa shape index (κ1) is 14.0. The molecular formula is C15H10N4O2. The molecule has 0 fully saturated rings. The average Bonchev–Trinajstić information content (AvgIpc) is 2.85. The lowest BCUT2D eigenvalue weighted by Gasteiger charge is -2.14. The van der Waals surface area contributed by atoms with Crippen LogP contribution in [0.25, 0.3) is 0 Å². The Balaban J connectivity index is 2.55. The lowest BCUT2D eigenvalue weighted by atomic mass is 9.94. The number of methoxy groups -OCH3 is 1. The fourth-order valence-electron chi connectivity index (χ4n) is 2.04. The van der Waals surface area contributed by atoms with Gasteiger partial charge in [-0.15, -0.1) is 0 Å². The van der Waals surface area contributed by atoms with E-state index in [1.165, 1.54) is 0 Å². The lowest BCUT2D eigenvalue weighted by molar-refractivity contribution is 0.166. The van der Waals surface area contributed by atoms with Crippen LogP contribution in [0.1, 0.15) is 11.7 Å². The number of benzene rings is 1. The van der Waals surface area contributed by atoms with Crippen molar-refractivity contribution in [3.63, 3.8) is 0 Å². The van der Waals surface area contributed by atoms with Crippen LogP contribution in [-0.4, -0.2) is 7.11 Å². The van der Waals surface area contributed by atoms with Gasteiger partial charge in [0.1, 0.15) is 35.1 Å². The Morgan fingerprint density at radius 1 is 1.19 bits per heavy atom. The summed E-state index contributed by atoms with van der Waals surface area (Å²) in [5.74, 6) is 0.570. The summed E-state index contributed by atoms with van der Waals surface area (Å²) in [5, 5.41) is 27.3. The second kappa shape index (κ2) is 5.69. The van der Waals surface area contributed by atoms with Gasteiger partial charge < -0.3 is 15.2 Å². The molecule has 1 aliphatic rings. The maximum absolute atomic E-state index is 9.15. The summed E-state index contributed by atoms with van der Waals surface area (Å²) in [4.78, 5) is 0. The second-order valence-corrected chi connectivity index (χ2v) is 4.13. The summed E-state index contributed by atoms with van der Waals surface area (Å²) in [5.41, 5.74) is 6.37. The summed E-state index contributed by atoms with van der Waals surface area (Å²) in [6.45, 7) is 0. The molecule has 2 rings (SSSR count). The minimum Gasteiger partial charge on any atom is -0.497 e. The van der Waals surface area contributed by atoms with E-state index in [2.05, 4.69) is 0 Å². The summed E-state index contributed by atoms with van der Waals surface area (Å²) < 4.78 is 10.5. The Morgan fingerprint density at radius 3 is 2.29 bits per heavy atom. The highest BCUT2D eigenvalue weighted by molar-refractivity contribution is 5.60. The van der Waals surface area contributed by atoms with Gasteiger partial charge in [-0.1, -0.05) is 12.1 Å². The zero-order valence-electron chi connectivity index (χ0n) is 11.1. The third-order valence-corrected chi connectivity index (χ3v) is 3.05. The van der Waals surface area contributed by atoms with E-state index < -0.39 is 6.10 Å². The van der Waals surface area contributed by atoms with Crippen molar-refractivity contribution in [2.24, 2.45) is 5.73 Å². The standard InChI is InChI=1S/C15H10N4O2/c1-20-11-4-2-9(3-5-11)14-13(10(6-16)7-17)12(8-18)15(19)21-14/h2-5,14H,19H2,1H3/t14-/m1/s1. The van der Waals surface area contributed by atoms with Gasteiger partial charge in [-0.05, 0) is 17.7 Å². The van der Waals surface area contributed by atoms with Gasteiger partial charge in [0.25, 0.3) is 0 Å². The Labute approximate surface area is 121 Å². The predicted molar refractivity (Wildman–Crippen MR) is 71.9 cm³/mol. The Morgan fingerprint density at radius 2 is 1.81 bits per heavy atom. The average molecular weight is 278 g/mol. The first-order valence-electron chi connectivity index (χ1n) is 5.91. The molecule has 0 spiro atoms. The maximum Gasteiger partial charge on any atom is 0.203 e. The summed E-state index contributed by atoms with van der Waals surface area (Å²) >= 11 is 0. The first-order valence-corrected chi connectivity index (χ1v) is 5.91. The van der Waals surface area contributed by atoms with Gasteiger partial charge >= 0.3 is 0 Å². The van der Waals surface area contributed by atoms with E-state index in [-0.39, 0.29) is 22.6 Å². The van der Waals surface area contributed by atoms with Gasteiger partial charge in [0.2, 0.25) is 5.88 Å². The van der Waals surface area contributed by atoms with Crippen molar-refractivity contribution in [2.45, 2.75) is 6.10 Å². The van der Waals surface area contributed by atoms with Crippen LogP contribution >= 0.6 is 0 Å². The van der Waals surface area contributed by atoms with Gasteiger partial charge in [-0.3, -0.25) is 0 Å². The Bertz CT molecular complexity index is 739. The zero-order chi connectivity index (χ0) is 15.4. The second-order valence-electron chi connectivity index (χ2n) is 4.13. The Hall–Kier alpha value is -3.43. The molecule has 6 nitrogen and oxygen atoms in total. The van der Waals surface area contributed by atoms with Crippen LogP contribution in [-0.2, 0) is 4.74 Å². The van der Waals surface area contributed by atoms with Gasteiger partial charge in [-0.25, -0.2) is 0 Å². The molecule has 1 heterocycles. The van der Waals surface area contributed by atoms with Crippen LogP contribution in [0.5, 0.6) is 5.75 Å². The highest BCUT2D eigenvalue weighted by Crippen LogP contribution is 2.40. The number of hydrogen-bond donors (Lipinski definition) is 1. The minimum absolute atomic E-state index is 0.0221. The molecule has 6 heteroatoms. The quantitative estimate of drug-likeness (QED) is 0.824. The highest BCUT2D eigenvalue weighted by Gasteiger charge is 2.34. The molecule has 0 amide bonds. The van der Waals surface area contributed by atoms with Crippen LogP contribution in [0, 0.1) is 34.0 Å². The number of nitriles is 3. The van der Waals surface area contributed by atoms with Gasteiger partial charge in [-0.2, -0.15) is 15.8 Å². The van der Waals surface area contributed by atoms with Crippen LogP contribution in [0.2, 0.25) is 0 Å². The zero-order valence-corrected chi connectivity index (χ0v) is 11.1. The van der Waals surface area contributed by atoms with Gasteiger partial charge in [0.05, 0.1) is 7.11 Å². The van der Waals surface area contributed by atoms with Crippen molar-refractivity contribution in [1.82, 2.24) is 0 Å². The monoisotopic (exact) mass is 278 g/mol. The number of hydrogen-bond acceptors (Lipinski definition) is 6. The van der Waals surface area contributed by atoms with E-state index >= 15 is 0 Å². The topological polar surface area (TPSA) is 116 Å². The first-order chi connectivity index (χ1) is 10.2. The fourth-order valence-corrected chi connectivity index (χ4v) is 2.04. The molecule has 0 saturated heterocycles.